The van der Waals surface area contributed by atoms with Crippen molar-refractivity contribution >= 4 is 40.6 Å². The molecule has 0 aliphatic carbocycles. The molecular weight excluding hydrogens is 477 g/mol. The molecule has 1 aliphatic heterocycles. The van der Waals surface area contributed by atoms with Crippen LogP contribution in [-0.4, -0.2) is 22.7 Å². The van der Waals surface area contributed by atoms with Crippen molar-refractivity contribution in [3.63, 3.8) is 0 Å². The second-order valence-corrected chi connectivity index (χ2v) is 8.88. The van der Waals surface area contributed by atoms with Gasteiger partial charge in [0.05, 0.1) is 18.1 Å². The third-order valence-electron chi connectivity index (χ3n) is 5.00. The van der Waals surface area contributed by atoms with Crippen LogP contribution in [0.5, 0.6) is 11.5 Å². The molecular formula is C26H21ClFNO4S. The number of hydrogen-bond acceptors (Lipinski definition) is 5. The first-order valence-corrected chi connectivity index (χ1v) is 11.8. The molecule has 34 heavy (non-hydrogen) atoms. The van der Waals surface area contributed by atoms with E-state index in [2.05, 4.69) is 0 Å². The van der Waals surface area contributed by atoms with Crippen molar-refractivity contribution in [3.8, 4) is 11.5 Å². The normalized spacial score (nSPS) is 14.7. The molecule has 0 bridgehead atoms. The highest BCUT2D eigenvalue weighted by molar-refractivity contribution is 8.18. The summed E-state index contributed by atoms with van der Waals surface area (Å²) in [4.78, 5) is 26.7. The lowest BCUT2D eigenvalue weighted by Gasteiger charge is -2.13. The van der Waals surface area contributed by atoms with Crippen molar-refractivity contribution in [2.24, 2.45) is 0 Å². The number of benzene rings is 3. The van der Waals surface area contributed by atoms with E-state index in [0.29, 0.717) is 45.8 Å². The first-order valence-electron chi connectivity index (χ1n) is 10.6. The van der Waals surface area contributed by atoms with Crippen LogP contribution in [0.15, 0.2) is 71.6 Å². The summed E-state index contributed by atoms with van der Waals surface area (Å²) in [6, 6.07) is 18.4. The topological polar surface area (TPSA) is 55.8 Å². The molecule has 0 aromatic heterocycles. The van der Waals surface area contributed by atoms with Gasteiger partial charge in [-0.15, -0.1) is 0 Å². The molecule has 2 amide bonds. The van der Waals surface area contributed by atoms with Gasteiger partial charge in [-0.05, 0) is 77.9 Å². The van der Waals surface area contributed by atoms with Gasteiger partial charge in [0, 0.05) is 5.02 Å². The lowest BCUT2D eigenvalue weighted by molar-refractivity contribution is -0.123. The Balaban J connectivity index is 1.49. The average molecular weight is 498 g/mol. The number of rotatable bonds is 8. The number of halogens is 2. The summed E-state index contributed by atoms with van der Waals surface area (Å²) >= 11 is 6.80. The van der Waals surface area contributed by atoms with Crippen molar-refractivity contribution in [3.05, 3.63) is 99.2 Å². The Hall–Kier alpha value is -3.29. The van der Waals surface area contributed by atoms with Crippen molar-refractivity contribution in [1.29, 1.82) is 0 Å². The fourth-order valence-electron chi connectivity index (χ4n) is 3.30. The fraction of sp³-hybridized carbons (Fsp3) is 0.154. The maximum Gasteiger partial charge on any atom is 0.293 e. The highest BCUT2D eigenvalue weighted by Crippen LogP contribution is 2.35. The molecule has 0 atom stereocenters. The third kappa shape index (κ3) is 5.79. The van der Waals surface area contributed by atoms with Crippen molar-refractivity contribution < 1.29 is 23.5 Å². The van der Waals surface area contributed by atoms with E-state index < -0.39 is 0 Å². The molecule has 0 saturated carbocycles. The number of amides is 2. The standard InChI is InChI=1S/C26H21ClFNO4S/c1-2-32-23-13-19(7-12-22(23)33-16-18-3-8-20(27)9-4-18)14-24-25(30)29(26(31)34-24)15-17-5-10-21(28)11-6-17/h3-14H,2,15-16H2,1H3/b24-14-. The molecule has 3 aromatic rings. The van der Waals surface area contributed by atoms with Gasteiger partial charge in [0.2, 0.25) is 0 Å². The van der Waals surface area contributed by atoms with Crippen LogP contribution in [0, 0.1) is 5.82 Å². The first-order chi connectivity index (χ1) is 16.4. The zero-order valence-electron chi connectivity index (χ0n) is 18.3. The zero-order valence-corrected chi connectivity index (χ0v) is 19.9. The maximum absolute atomic E-state index is 13.1. The number of ether oxygens (including phenoxy) is 2. The van der Waals surface area contributed by atoms with Crippen LogP contribution in [0.4, 0.5) is 9.18 Å². The number of carbonyl (C=O) groups excluding carboxylic acids is 2. The molecule has 0 unspecified atom stereocenters. The lowest BCUT2D eigenvalue weighted by Crippen LogP contribution is -2.27. The van der Waals surface area contributed by atoms with Gasteiger partial charge in [-0.25, -0.2) is 4.39 Å². The summed E-state index contributed by atoms with van der Waals surface area (Å²) in [5, 5.41) is 0.290. The number of nitrogens with zero attached hydrogens (tertiary/aromatic N) is 1. The van der Waals surface area contributed by atoms with Crippen LogP contribution in [0.25, 0.3) is 6.08 Å². The Labute approximate surface area is 206 Å². The smallest absolute Gasteiger partial charge is 0.293 e. The maximum atomic E-state index is 13.1. The second-order valence-electron chi connectivity index (χ2n) is 7.45. The van der Waals surface area contributed by atoms with Crippen LogP contribution in [0.1, 0.15) is 23.6 Å². The lowest BCUT2D eigenvalue weighted by atomic mass is 10.1. The summed E-state index contributed by atoms with van der Waals surface area (Å²) in [5.41, 5.74) is 2.34. The number of imide groups is 1. The minimum Gasteiger partial charge on any atom is -0.490 e. The Morgan fingerprint density at radius 3 is 2.35 bits per heavy atom. The van der Waals surface area contributed by atoms with Gasteiger partial charge in [0.15, 0.2) is 11.5 Å². The zero-order chi connectivity index (χ0) is 24.1. The monoisotopic (exact) mass is 497 g/mol. The molecule has 1 heterocycles. The minimum atomic E-state index is -0.389. The SMILES string of the molecule is CCOc1cc(/C=C2\SC(=O)N(Cc3ccc(F)cc3)C2=O)ccc1OCc1ccc(Cl)cc1. The van der Waals surface area contributed by atoms with E-state index in [-0.39, 0.29) is 23.5 Å². The largest absolute Gasteiger partial charge is 0.490 e. The summed E-state index contributed by atoms with van der Waals surface area (Å²) in [6.45, 7) is 2.74. The molecule has 8 heteroatoms. The van der Waals surface area contributed by atoms with Crippen LogP contribution in [0.3, 0.4) is 0 Å². The number of thioether (sulfide) groups is 1. The van der Waals surface area contributed by atoms with Crippen molar-refractivity contribution in [2.75, 3.05) is 6.61 Å². The molecule has 1 aliphatic rings. The minimum absolute atomic E-state index is 0.0873. The highest BCUT2D eigenvalue weighted by Gasteiger charge is 2.35. The summed E-state index contributed by atoms with van der Waals surface area (Å²) in [7, 11) is 0. The molecule has 1 fully saturated rings. The third-order valence-corrected chi connectivity index (χ3v) is 6.16. The average Bonchev–Trinajstić information content (AvgIpc) is 3.08. The summed E-state index contributed by atoms with van der Waals surface area (Å²) in [6.07, 6.45) is 1.65. The molecule has 1 saturated heterocycles. The van der Waals surface area contributed by atoms with E-state index >= 15 is 0 Å². The first kappa shape index (κ1) is 23.9. The molecule has 4 rings (SSSR count). The van der Waals surface area contributed by atoms with Gasteiger partial charge >= 0.3 is 0 Å². The Morgan fingerprint density at radius 1 is 0.941 bits per heavy atom. The highest BCUT2D eigenvalue weighted by atomic mass is 35.5. The molecule has 0 N–H and O–H groups in total. The van der Waals surface area contributed by atoms with Gasteiger partial charge < -0.3 is 9.47 Å². The molecule has 174 valence electrons. The van der Waals surface area contributed by atoms with Crippen molar-refractivity contribution in [1.82, 2.24) is 4.90 Å². The van der Waals surface area contributed by atoms with Crippen LogP contribution in [0.2, 0.25) is 5.02 Å². The molecule has 5 nitrogen and oxygen atoms in total. The van der Waals surface area contributed by atoms with Gasteiger partial charge in [-0.3, -0.25) is 14.5 Å². The number of carbonyl (C=O) groups is 2. The van der Waals surface area contributed by atoms with Gasteiger partial charge in [-0.1, -0.05) is 41.9 Å². The van der Waals surface area contributed by atoms with E-state index in [1.54, 1.807) is 48.5 Å². The predicted molar refractivity (Wildman–Crippen MR) is 131 cm³/mol. The van der Waals surface area contributed by atoms with E-state index in [9.17, 15) is 14.0 Å². The van der Waals surface area contributed by atoms with E-state index in [4.69, 9.17) is 21.1 Å². The molecule has 3 aromatic carbocycles. The second kappa shape index (κ2) is 10.8. The fourth-order valence-corrected chi connectivity index (χ4v) is 4.27. The summed E-state index contributed by atoms with van der Waals surface area (Å²) < 4.78 is 24.8. The van der Waals surface area contributed by atoms with Crippen LogP contribution in [-0.2, 0) is 17.9 Å². The Morgan fingerprint density at radius 2 is 1.65 bits per heavy atom. The molecule has 0 radical (unpaired) electrons. The van der Waals surface area contributed by atoms with Crippen LogP contribution >= 0.6 is 23.4 Å². The quantitative estimate of drug-likeness (QED) is 0.324. The van der Waals surface area contributed by atoms with E-state index in [0.717, 1.165) is 22.2 Å². The number of hydrogen-bond donors (Lipinski definition) is 0. The van der Waals surface area contributed by atoms with E-state index in [1.165, 1.54) is 12.1 Å². The van der Waals surface area contributed by atoms with Crippen LogP contribution < -0.4 is 9.47 Å². The Bertz CT molecular complexity index is 1230. The predicted octanol–water partition coefficient (Wildman–Crippen LogP) is 6.69. The summed E-state index contributed by atoms with van der Waals surface area (Å²) in [5.74, 6) is 0.345. The molecule has 0 spiro atoms. The van der Waals surface area contributed by atoms with E-state index in [1.807, 2.05) is 19.1 Å². The van der Waals surface area contributed by atoms with Gasteiger partial charge in [0.1, 0.15) is 12.4 Å². The van der Waals surface area contributed by atoms with Crippen molar-refractivity contribution in [2.45, 2.75) is 20.1 Å². The van der Waals surface area contributed by atoms with Gasteiger partial charge in [0.25, 0.3) is 11.1 Å². The Kier molecular flexibility index (Phi) is 7.55. The van der Waals surface area contributed by atoms with Gasteiger partial charge in [-0.2, -0.15) is 0 Å².